The quantitative estimate of drug-likeness (QED) is 0.242. The van der Waals surface area contributed by atoms with Crippen LogP contribution in [0.15, 0.2) is 24.3 Å². The molecule has 0 saturated carbocycles. The van der Waals surface area contributed by atoms with Crippen molar-refractivity contribution >= 4 is 11.8 Å². The molecule has 7 heteroatoms. The van der Waals surface area contributed by atoms with E-state index in [0.717, 1.165) is 31.6 Å². The summed E-state index contributed by atoms with van der Waals surface area (Å²) in [5, 5.41) is 6.85. The highest BCUT2D eigenvalue weighted by molar-refractivity contribution is 5.92. The van der Waals surface area contributed by atoms with Crippen LogP contribution in [-0.4, -0.2) is 60.5 Å². The number of carbonyl (C=O) groups excluding carboxylic acids is 2. The summed E-state index contributed by atoms with van der Waals surface area (Å²) < 4.78 is 5.48. The molecule has 1 aromatic carbocycles. The number of nitrogens with two attached hydrogens (primary N) is 1. The molecule has 2 rings (SSSR count). The molecule has 1 aromatic rings. The molecule has 0 amide bonds. The van der Waals surface area contributed by atoms with E-state index in [0.29, 0.717) is 12.8 Å². The van der Waals surface area contributed by atoms with Crippen LogP contribution in [0.3, 0.4) is 0 Å². The average Bonchev–Trinajstić information content (AvgIpc) is 2.88. The zero-order valence-corrected chi connectivity index (χ0v) is 22.4. The van der Waals surface area contributed by atoms with Crippen LogP contribution in [0.2, 0.25) is 0 Å². The third-order valence-electron chi connectivity index (χ3n) is 7.15. The molecular weight excluding hydrogens is 440 g/mol. The van der Waals surface area contributed by atoms with Gasteiger partial charge in [-0.3, -0.25) is 9.59 Å². The highest BCUT2D eigenvalue weighted by Gasteiger charge is 2.33. The minimum atomic E-state index is -0.904. The average molecular weight is 489 g/mol. The van der Waals surface area contributed by atoms with Crippen LogP contribution in [0.25, 0.3) is 0 Å². The Morgan fingerprint density at radius 1 is 1.11 bits per heavy atom. The van der Waals surface area contributed by atoms with Crippen LogP contribution >= 0.6 is 0 Å². The van der Waals surface area contributed by atoms with E-state index in [9.17, 15) is 9.59 Å². The molecule has 3 atom stereocenters. The predicted octanol–water partition coefficient (Wildman–Crippen LogP) is 3.54. The molecule has 7 nitrogen and oxygen atoms in total. The number of nitrogens with zero attached hydrogens (tertiary/aromatic N) is 1. The molecule has 1 fully saturated rings. The summed E-state index contributed by atoms with van der Waals surface area (Å²) in [5.41, 5.74) is 7.47. The number of Topliss-reactive ketones (excluding diaryl/α,β-unsaturated/α-hetero) is 1. The number of likely N-dealkylation sites (tertiary alicyclic amines) is 1. The van der Waals surface area contributed by atoms with Gasteiger partial charge in [0.1, 0.15) is 6.61 Å². The second-order valence-electron chi connectivity index (χ2n) is 10.3. The van der Waals surface area contributed by atoms with E-state index in [1.54, 1.807) is 6.92 Å². The maximum Gasteiger partial charge on any atom is 0.306 e. The van der Waals surface area contributed by atoms with Crippen molar-refractivity contribution in [2.24, 2.45) is 5.73 Å². The van der Waals surface area contributed by atoms with Gasteiger partial charge in [0.2, 0.25) is 0 Å². The number of rotatable bonds is 16. The standard InChI is InChI=1S/C28H48N4O3/c1-5-22(3)31-25(27(34)28(4,29)6-2)14-15-26(33)35-21-24-12-10-23(11-13-24)20-30-16-19-32-17-8-7-9-18-32/h10-13,22,25,30-31H,5-9,14-21,29H2,1-4H3/t22?,25-,28?/m0/s1. The van der Waals surface area contributed by atoms with E-state index in [4.69, 9.17) is 10.5 Å². The number of hydrogen-bond donors (Lipinski definition) is 3. The lowest BCUT2D eigenvalue weighted by atomic mass is 9.87. The number of nitrogens with one attached hydrogen (secondary N) is 2. The third-order valence-corrected chi connectivity index (χ3v) is 7.15. The first kappa shape index (κ1) is 29.4. The third kappa shape index (κ3) is 10.8. The van der Waals surface area contributed by atoms with Crippen molar-refractivity contribution in [3.63, 3.8) is 0 Å². The second-order valence-corrected chi connectivity index (χ2v) is 10.3. The molecule has 1 saturated heterocycles. The molecule has 35 heavy (non-hydrogen) atoms. The fourth-order valence-electron chi connectivity index (χ4n) is 4.23. The van der Waals surface area contributed by atoms with Gasteiger partial charge in [-0.2, -0.15) is 0 Å². The van der Waals surface area contributed by atoms with E-state index in [1.165, 1.54) is 37.9 Å². The largest absolute Gasteiger partial charge is 0.461 e. The number of ether oxygens (including phenoxy) is 1. The van der Waals surface area contributed by atoms with Gasteiger partial charge in [-0.1, -0.05) is 44.5 Å². The monoisotopic (exact) mass is 488 g/mol. The molecule has 1 aliphatic heterocycles. The lowest BCUT2D eigenvalue weighted by molar-refractivity contribution is -0.145. The molecule has 1 aliphatic rings. The molecule has 0 radical (unpaired) electrons. The molecule has 0 aliphatic carbocycles. The molecule has 198 valence electrons. The van der Waals surface area contributed by atoms with Crippen LogP contribution in [-0.2, 0) is 27.5 Å². The fourth-order valence-corrected chi connectivity index (χ4v) is 4.23. The number of piperidine rings is 1. The van der Waals surface area contributed by atoms with Gasteiger partial charge < -0.3 is 26.0 Å². The van der Waals surface area contributed by atoms with Gasteiger partial charge in [0, 0.05) is 32.1 Å². The summed E-state index contributed by atoms with van der Waals surface area (Å²) in [4.78, 5) is 27.8. The summed E-state index contributed by atoms with van der Waals surface area (Å²) in [7, 11) is 0. The van der Waals surface area contributed by atoms with Crippen LogP contribution < -0.4 is 16.4 Å². The number of benzene rings is 1. The zero-order valence-electron chi connectivity index (χ0n) is 22.4. The highest BCUT2D eigenvalue weighted by atomic mass is 16.5. The summed E-state index contributed by atoms with van der Waals surface area (Å²) >= 11 is 0. The van der Waals surface area contributed by atoms with Crippen molar-refractivity contribution < 1.29 is 14.3 Å². The maximum absolute atomic E-state index is 12.9. The van der Waals surface area contributed by atoms with E-state index < -0.39 is 11.6 Å². The van der Waals surface area contributed by atoms with Gasteiger partial charge in [0.15, 0.2) is 5.78 Å². The van der Waals surface area contributed by atoms with Gasteiger partial charge >= 0.3 is 5.97 Å². The van der Waals surface area contributed by atoms with Crippen LogP contribution in [0.1, 0.15) is 83.8 Å². The van der Waals surface area contributed by atoms with Gasteiger partial charge in [-0.25, -0.2) is 0 Å². The highest BCUT2D eigenvalue weighted by Crippen LogP contribution is 2.15. The van der Waals surface area contributed by atoms with E-state index >= 15 is 0 Å². The van der Waals surface area contributed by atoms with E-state index in [-0.39, 0.29) is 30.8 Å². The summed E-state index contributed by atoms with van der Waals surface area (Å²) in [6.45, 7) is 13.4. The topological polar surface area (TPSA) is 96.7 Å². The Morgan fingerprint density at radius 3 is 2.40 bits per heavy atom. The Kier molecular flexibility index (Phi) is 12.9. The van der Waals surface area contributed by atoms with Crippen molar-refractivity contribution in [3.8, 4) is 0 Å². The summed E-state index contributed by atoms with van der Waals surface area (Å²) in [6, 6.07) is 7.89. The molecule has 1 heterocycles. The van der Waals surface area contributed by atoms with E-state index in [1.807, 2.05) is 26.0 Å². The first-order valence-electron chi connectivity index (χ1n) is 13.5. The lowest BCUT2D eigenvalue weighted by Crippen LogP contribution is -2.55. The maximum atomic E-state index is 12.9. The minimum absolute atomic E-state index is 0.0479. The van der Waals surface area contributed by atoms with Crippen molar-refractivity contribution in [1.29, 1.82) is 0 Å². The summed E-state index contributed by atoms with van der Waals surface area (Å²) in [6.07, 6.45) is 6.03. The van der Waals surface area contributed by atoms with Crippen molar-refractivity contribution in [3.05, 3.63) is 35.4 Å². The first-order valence-corrected chi connectivity index (χ1v) is 13.5. The fraction of sp³-hybridized carbons (Fsp3) is 0.714. The molecule has 0 aromatic heterocycles. The molecule has 2 unspecified atom stereocenters. The minimum Gasteiger partial charge on any atom is -0.461 e. The van der Waals surface area contributed by atoms with Gasteiger partial charge in [0.05, 0.1) is 11.6 Å². The van der Waals surface area contributed by atoms with Gasteiger partial charge in [-0.15, -0.1) is 0 Å². The van der Waals surface area contributed by atoms with Crippen LogP contribution in [0, 0.1) is 0 Å². The Balaban J connectivity index is 1.72. The van der Waals surface area contributed by atoms with Crippen LogP contribution in [0.5, 0.6) is 0 Å². The molecular formula is C28H48N4O3. The Morgan fingerprint density at radius 2 is 1.77 bits per heavy atom. The van der Waals surface area contributed by atoms with Crippen LogP contribution in [0.4, 0.5) is 0 Å². The zero-order chi connectivity index (χ0) is 25.7. The second kappa shape index (κ2) is 15.3. The van der Waals surface area contributed by atoms with E-state index in [2.05, 4.69) is 34.6 Å². The smallest absolute Gasteiger partial charge is 0.306 e. The summed E-state index contributed by atoms with van der Waals surface area (Å²) in [5.74, 6) is -0.347. The molecule has 4 N–H and O–H groups in total. The normalized spacial score (nSPS) is 18.0. The Bertz CT molecular complexity index is 760. The number of hydrogen-bond acceptors (Lipinski definition) is 7. The van der Waals surface area contributed by atoms with Crippen molar-refractivity contribution in [2.45, 2.75) is 103 Å². The Labute approximate surface area is 212 Å². The molecule has 0 bridgehead atoms. The lowest BCUT2D eigenvalue weighted by Gasteiger charge is -2.29. The first-order chi connectivity index (χ1) is 16.7. The number of ketones is 1. The predicted molar refractivity (Wildman–Crippen MR) is 142 cm³/mol. The Hall–Kier alpha value is -1.80. The number of esters is 1. The van der Waals surface area contributed by atoms with Crippen molar-refractivity contribution in [2.75, 3.05) is 26.2 Å². The van der Waals surface area contributed by atoms with Gasteiger partial charge in [0.25, 0.3) is 0 Å². The molecule has 0 spiro atoms. The SMILES string of the molecule is CCC(C)N[C@@H](CCC(=O)OCc1ccc(CNCCN2CCCCC2)cc1)C(=O)C(C)(N)CC. The van der Waals surface area contributed by atoms with Crippen molar-refractivity contribution in [1.82, 2.24) is 15.5 Å². The van der Waals surface area contributed by atoms with Gasteiger partial charge in [-0.05, 0) is 70.2 Å². The number of carbonyl (C=O) groups is 2.